The van der Waals surface area contributed by atoms with Gasteiger partial charge in [-0.3, -0.25) is 9.36 Å². The molecule has 0 fully saturated rings. The largest absolute Gasteiger partial charge is 0.464 e. The Hall–Kier alpha value is -2.60. The van der Waals surface area contributed by atoms with Crippen LogP contribution in [-0.4, -0.2) is 68.3 Å². The van der Waals surface area contributed by atoms with E-state index < -0.39 is 43.6 Å². The van der Waals surface area contributed by atoms with Gasteiger partial charge in [-0.15, -0.1) is 0 Å². The molecule has 0 spiro atoms. The van der Waals surface area contributed by atoms with Crippen LogP contribution in [0, 0.1) is 0 Å². The number of hydrogen-bond acceptors (Lipinski definition) is 11. The van der Waals surface area contributed by atoms with Gasteiger partial charge in [-0.25, -0.2) is 24.8 Å². The van der Waals surface area contributed by atoms with E-state index >= 15 is 0 Å². The van der Waals surface area contributed by atoms with Gasteiger partial charge in [0.25, 0.3) is 7.52 Å². The zero-order chi connectivity index (χ0) is 28.5. The normalized spacial score (nSPS) is 15.3. The lowest BCUT2D eigenvalue weighted by Gasteiger charge is -2.31. The molecule has 0 radical (unpaired) electrons. The van der Waals surface area contributed by atoms with Crippen molar-refractivity contribution >= 4 is 36.4 Å². The van der Waals surface area contributed by atoms with Crippen molar-refractivity contribution in [3.8, 4) is 0 Å². The monoisotopic (exact) mass is 556 g/mol. The summed E-state index contributed by atoms with van der Waals surface area (Å²) in [6.45, 7) is 12.3. The number of nitrogens with zero attached hydrogens (tertiary/aromatic N) is 4. The van der Waals surface area contributed by atoms with Gasteiger partial charge in [-0.2, -0.15) is 0 Å². The molecule has 0 aliphatic carbocycles. The summed E-state index contributed by atoms with van der Waals surface area (Å²) in [6.07, 6.45) is 3.07. The first-order chi connectivity index (χ1) is 17.8. The Kier molecular flexibility index (Phi) is 11.6. The molecule has 214 valence electrons. The molecule has 14 heteroatoms. The fourth-order valence-corrected chi connectivity index (χ4v) is 5.64. The van der Waals surface area contributed by atoms with Crippen LogP contribution < -0.4 is 10.8 Å². The molecule has 3 atom stereocenters. The number of carbonyl (C=O) groups is 2. The fraction of sp³-hybridized carbons (Fsp3) is 0.708. The lowest BCUT2D eigenvalue weighted by molar-refractivity contribution is -0.155. The maximum atomic E-state index is 13.9. The number of hydrogen-bond donors (Lipinski definition) is 2. The van der Waals surface area contributed by atoms with E-state index in [1.54, 1.807) is 31.7 Å². The van der Waals surface area contributed by atoms with Crippen molar-refractivity contribution in [2.24, 2.45) is 0 Å². The highest BCUT2D eigenvalue weighted by Gasteiger charge is 2.40. The summed E-state index contributed by atoms with van der Waals surface area (Å²) in [5.74, 6) is -1.02. The van der Waals surface area contributed by atoms with Crippen LogP contribution in [0.2, 0.25) is 0 Å². The van der Waals surface area contributed by atoms with E-state index in [2.05, 4.69) is 20.0 Å². The summed E-state index contributed by atoms with van der Waals surface area (Å²) >= 11 is 0. The molecule has 3 N–H and O–H groups in total. The first-order valence-corrected chi connectivity index (χ1v) is 14.6. The number of nitrogens with two attached hydrogens (primary N) is 1. The van der Waals surface area contributed by atoms with E-state index in [9.17, 15) is 14.2 Å². The molecular formula is C24H41N6O7P. The Labute approximate surface area is 223 Å². The highest BCUT2D eigenvalue weighted by atomic mass is 31.2. The van der Waals surface area contributed by atoms with Crippen LogP contribution in [0.25, 0.3) is 11.2 Å². The van der Waals surface area contributed by atoms with Crippen molar-refractivity contribution in [3.05, 3.63) is 12.7 Å². The highest BCUT2D eigenvalue weighted by Crippen LogP contribution is 2.46. The zero-order valence-electron chi connectivity index (χ0n) is 23.3. The molecule has 0 unspecified atom stereocenters. The third-order valence-corrected chi connectivity index (χ3v) is 7.41. The van der Waals surface area contributed by atoms with E-state index in [0.717, 1.165) is 19.3 Å². The van der Waals surface area contributed by atoms with Crippen LogP contribution >= 0.6 is 7.52 Å². The van der Waals surface area contributed by atoms with Gasteiger partial charge in [0, 0.05) is 0 Å². The van der Waals surface area contributed by atoms with Crippen LogP contribution in [0.4, 0.5) is 5.82 Å². The van der Waals surface area contributed by atoms with Gasteiger partial charge in [0.15, 0.2) is 17.6 Å². The molecule has 0 amide bonds. The number of nitrogen functional groups attached to an aromatic ring is 1. The lowest BCUT2D eigenvalue weighted by atomic mass is 10.1. The average Bonchev–Trinajstić information content (AvgIpc) is 3.23. The van der Waals surface area contributed by atoms with E-state index in [1.807, 2.05) is 6.92 Å². The summed E-state index contributed by atoms with van der Waals surface area (Å²) in [6, 6.07) is 0. The van der Waals surface area contributed by atoms with Gasteiger partial charge in [0.1, 0.15) is 23.7 Å². The van der Waals surface area contributed by atoms with E-state index in [4.69, 9.17) is 24.5 Å². The highest BCUT2D eigenvalue weighted by molar-refractivity contribution is 7.56. The summed E-state index contributed by atoms with van der Waals surface area (Å²) in [5, 5.41) is 2.77. The number of imidazole rings is 1. The van der Waals surface area contributed by atoms with Crippen LogP contribution in [-0.2, 0) is 39.4 Å². The first-order valence-electron chi connectivity index (χ1n) is 12.8. The van der Waals surface area contributed by atoms with Crippen molar-refractivity contribution in [2.45, 2.75) is 98.1 Å². The fourth-order valence-electron chi connectivity index (χ4n) is 3.47. The molecule has 0 saturated carbocycles. The molecule has 0 aromatic carbocycles. The minimum atomic E-state index is -3.94. The number of ether oxygens (including phenoxy) is 3. The second-order valence-electron chi connectivity index (χ2n) is 9.92. The molecule has 2 aromatic rings. The molecule has 0 aliphatic heterocycles. The Bertz CT molecular complexity index is 1120. The third kappa shape index (κ3) is 9.30. The predicted molar refractivity (Wildman–Crippen MR) is 142 cm³/mol. The van der Waals surface area contributed by atoms with Gasteiger partial charge < -0.3 is 29.0 Å². The maximum absolute atomic E-state index is 13.9. The summed E-state index contributed by atoms with van der Waals surface area (Å²) in [7, 11) is -3.94. The topological polar surface area (TPSA) is 170 Å². The second-order valence-corrected chi connectivity index (χ2v) is 12.0. The van der Waals surface area contributed by atoms with Crippen molar-refractivity contribution in [1.82, 2.24) is 24.6 Å². The quantitative estimate of drug-likeness (QED) is 0.176. The van der Waals surface area contributed by atoms with Crippen molar-refractivity contribution in [1.29, 1.82) is 0 Å². The lowest BCUT2D eigenvalue weighted by Crippen LogP contribution is -2.47. The SMILES string of the molecule is CCCCCOC(=O)C(C)(C)N[P@](=O)(CO[C@H](C)Cn1cnc2c(N)ncnc21)O[C@@H](C)C(=O)OC(C)C. The number of esters is 2. The van der Waals surface area contributed by atoms with Crippen LogP contribution in [0.3, 0.4) is 0 Å². The predicted octanol–water partition coefficient (Wildman–Crippen LogP) is 3.42. The van der Waals surface area contributed by atoms with Gasteiger partial charge in [-0.05, 0) is 48.0 Å². The minimum absolute atomic E-state index is 0.251. The molecule has 2 aromatic heterocycles. The number of fused-ring (bicyclic) bond motifs is 1. The summed E-state index contributed by atoms with van der Waals surface area (Å²) < 4.78 is 37.8. The molecular weight excluding hydrogens is 515 g/mol. The molecule has 38 heavy (non-hydrogen) atoms. The molecule has 2 heterocycles. The Morgan fingerprint density at radius 3 is 2.53 bits per heavy atom. The Morgan fingerprint density at radius 2 is 1.87 bits per heavy atom. The zero-order valence-corrected chi connectivity index (χ0v) is 24.2. The number of rotatable bonds is 16. The minimum Gasteiger partial charge on any atom is -0.464 e. The summed E-state index contributed by atoms with van der Waals surface area (Å²) in [4.78, 5) is 37.5. The Morgan fingerprint density at radius 1 is 1.16 bits per heavy atom. The van der Waals surface area contributed by atoms with E-state index in [1.165, 1.54) is 27.1 Å². The molecule has 13 nitrogen and oxygen atoms in total. The molecule has 0 bridgehead atoms. The van der Waals surface area contributed by atoms with Crippen molar-refractivity contribution < 1.29 is 32.9 Å². The molecule has 0 aliphatic rings. The van der Waals surface area contributed by atoms with Crippen molar-refractivity contribution in [2.75, 3.05) is 18.7 Å². The van der Waals surface area contributed by atoms with Crippen molar-refractivity contribution in [3.63, 3.8) is 0 Å². The van der Waals surface area contributed by atoms with E-state index in [0.29, 0.717) is 17.7 Å². The summed E-state index contributed by atoms with van der Waals surface area (Å²) in [5.41, 5.74) is 5.46. The first kappa shape index (κ1) is 31.6. The average molecular weight is 557 g/mol. The number of anilines is 1. The Balaban J connectivity index is 2.14. The second kappa shape index (κ2) is 14.0. The number of carbonyl (C=O) groups excluding carboxylic acids is 2. The van der Waals surface area contributed by atoms with Gasteiger partial charge >= 0.3 is 11.9 Å². The van der Waals surface area contributed by atoms with E-state index in [-0.39, 0.29) is 18.5 Å². The number of aromatic nitrogens is 4. The smallest absolute Gasteiger partial charge is 0.335 e. The van der Waals surface area contributed by atoms with Gasteiger partial charge in [-0.1, -0.05) is 19.8 Å². The van der Waals surface area contributed by atoms with Crippen LogP contribution in [0.1, 0.15) is 67.7 Å². The van der Waals surface area contributed by atoms with Crippen LogP contribution in [0.5, 0.6) is 0 Å². The third-order valence-electron chi connectivity index (χ3n) is 5.37. The standard InChI is InChI=1S/C24H41N6O7P/c1-8-9-10-11-34-23(32)24(6,7)29-38(33,37-18(5)22(31)36-16(2)3)15-35-17(4)12-30-14-28-19-20(25)26-13-27-21(19)30/h13-14,16-18H,8-12,15H2,1-7H3,(H,29,33)(H2,25,26,27)/t17-,18+,38+/m1/s1. The number of nitrogens with one attached hydrogen (secondary N) is 1. The molecule has 0 saturated heterocycles. The van der Waals surface area contributed by atoms with Gasteiger partial charge in [0.05, 0.1) is 31.7 Å². The van der Waals surface area contributed by atoms with Crippen LogP contribution in [0.15, 0.2) is 12.7 Å². The maximum Gasteiger partial charge on any atom is 0.335 e. The number of unbranched alkanes of at least 4 members (excludes halogenated alkanes) is 2. The van der Waals surface area contributed by atoms with Gasteiger partial charge in [0.2, 0.25) is 0 Å². The molecule has 2 rings (SSSR count).